The van der Waals surface area contributed by atoms with Gasteiger partial charge in [0.15, 0.2) is 0 Å². The normalized spacial score (nSPS) is 8.00. The van der Waals surface area contributed by atoms with Crippen molar-refractivity contribution in [1.82, 2.24) is 0 Å². The first-order valence-corrected chi connectivity index (χ1v) is 3.94. The first-order valence-electron chi connectivity index (χ1n) is 3.49. The molecule has 0 N–H and O–H groups in total. The molecule has 0 aliphatic heterocycles. The summed E-state index contributed by atoms with van der Waals surface area (Å²) in [5.41, 5.74) is 1.32. The van der Waals surface area contributed by atoms with Gasteiger partial charge in [-0.1, -0.05) is 32.0 Å². The molecule has 1 rings (SSSR count). The van der Waals surface area contributed by atoms with Gasteiger partial charge < -0.3 is 0 Å². The Balaban J connectivity index is -0.000000333. The molecule has 0 aliphatic carbocycles. The molecular formula is C9H15F3S. The number of halogens is 3. The van der Waals surface area contributed by atoms with Crippen LogP contribution in [0.25, 0.3) is 0 Å². The molecule has 0 aliphatic rings. The van der Waals surface area contributed by atoms with Crippen LogP contribution in [0.4, 0.5) is 14.1 Å². The maximum Gasteiger partial charge on any atom is 0.00746 e. The second-order valence-electron chi connectivity index (χ2n) is 2.71. The van der Waals surface area contributed by atoms with Crippen LogP contribution in [0.5, 0.6) is 0 Å². The van der Waals surface area contributed by atoms with Crippen LogP contribution < -0.4 is 0 Å². The first-order chi connectivity index (χ1) is 4.72. The maximum absolute atomic E-state index is 4.34. The van der Waals surface area contributed by atoms with E-state index in [0.29, 0.717) is 5.92 Å². The Hall–Kier alpha value is -0.640. The Kier molecular flexibility index (Phi) is 11.2. The van der Waals surface area contributed by atoms with Gasteiger partial charge in [-0.25, -0.2) is 0 Å². The highest BCUT2D eigenvalue weighted by atomic mass is 32.1. The van der Waals surface area contributed by atoms with E-state index in [2.05, 4.69) is 38.6 Å². The van der Waals surface area contributed by atoms with Gasteiger partial charge in [-0.3, -0.25) is 14.1 Å². The van der Waals surface area contributed by atoms with Crippen LogP contribution >= 0.6 is 12.6 Å². The Labute approximate surface area is 81.9 Å². The van der Waals surface area contributed by atoms with E-state index in [9.17, 15) is 0 Å². The molecule has 0 spiro atoms. The van der Waals surface area contributed by atoms with Crippen LogP contribution in [-0.2, 0) is 0 Å². The van der Waals surface area contributed by atoms with Gasteiger partial charge in [0.25, 0.3) is 0 Å². The summed E-state index contributed by atoms with van der Waals surface area (Å²) in [4.78, 5) is 1.09. The fourth-order valence-corrected chi connectivity index (χ4v) is 1.39. The molecule has 0 radical (unpaired) electrons. The van der Waals surface area contributed by atoms with Crippen molar-refractivity contribution in [2.45, 2.75) is 24.7 Å². The summed E-state index contributed by atoms with van der Waals surface area (Å²) in [7, 11) is 0. The molecule has 0 heterocycles. The quantitative estimate of drug-likeness (QED) is 0.676. The Bertz CT molecular complexity index is 226. The van der Waals surface area contributed by atoms with Gasteiger partial charge in [0.05, 0.1) is 0 Å². The summed E-state index contributed by atoms with van der Waals surface area (Å²) >= 11 is 4.34. The molecule has 0 saturated carbocycles. The van der Waals surface area contributed by atoms with Crippen molar-refractivity contribution in [2.75, 3.05) is 0 Å². The predicted octanol–water partition coefficient (Wildman–Crippen LogP) is 3.56. The summed E-state index contributed by atoms with van der Waals surface area (Å²) in [5, 5.41) is 0. The minimum absolute atomic E-state index is 0. The molecule has 78 valence electrons. The Morgan fingerprint density at radius 3 is 1.77 bits per heavy atom. The zero-order chi connectivity index (χ0) is 7.56. The molecular weight excluding hydrogens is 197 g/mol. The SMILES string of the molecule is CC(C)c1ccccc1S.F.F.F. The van der Waals surface area contributed by atoms with Gasteiger partial charge in [0.2, 0.25) is 0 Å². The second kappa shape index (κ2) is 7.98. The summed E-state index contributed by atoms with van der Waals surface area (Å²) in [6, 6.07) is 8.20. The molecule has 0 atom stereocenters. The van der Waals surface area contributed by atoms with Gasteiger partial charge >= 0.3 is 0 Å². The number of hydrogen-bond donors (Lipinski definition) is 1. The van der Waals surface area contributed by atoms with Crippen LogP contribution in [0.15, 0.2) is 29.2 Å². The highest BCUT2D eigenvalue weighted by Gasteiger charge is 2.00. The van der Waals surface area contributed by atoms with Crippen molar-refractivity contribution in [1.29, 1.82) is 0 Å². The third kappa shape index (κ3) is 4.83. The fraction of sp³-hybridized carbons (Fsp3) is 0.333. The molecule has 0 bridgehead atoms. The summed E-state index contributed by atoms with van der Waals surface area (Å²) < 4.78 is 0. The van der Waals surface area contributed by atoms with Crippen LogP contribution in [0.3, 0.4) is 0 Å². The zero-order valence-electron chi connectivity index (χ0n) is 7.56. The largest absolute Gasteiger partial charge is 0.269 e. The summed E-state index contributed by atoms with van der Waals surface area (Å²) in [6.07, 6.45) is 0. The minimum atomic E-state index is 0. The highest BCUT2D eigenvalue weighted by molar-refractivity contribution is 7.80. The molecule has 0 aromatic heterocycles. The standard InChI is InChI=1S/C9H12S.3FH/c1-7(2)8-5-3-4-6-9(8)10;;;/h3-7,10H,1-2H3;3*1H. The highest BCUT2D eigenvalue weighted by Crippen LogP contribution is 2.21. The lowest BCUT2D eigenvalue weighted by Gasteiger charge is -2.06. The number of hydrogen-bond acceptors (Lipinski definition) is 1. The topological polar surface area (TPSA) is 0 Å². The van der Waals surface area contributed by atoms with E-state index in [4.69, 9.17) is 0 Å². The van der Waals surface area contributed by atoms with Crippen LogP contribution in [-0.4, -0.2) is 0 Å². The molecule has 13 heavy (non-hydrogen) atoms. The Morgan fingerprint density at radius 1 is 1.00 bits per heavy atom. The number of benzene rings is 1. The van der Waals surface area contributed by atoms with Gasteiger partial charge in [0, 0.05) is 4.90 Å². The van der Waals surface area contributed by atoms with Gasteiger partial charge in [-0.2, -0.15) is 0 Å². The molecule has 1 aromatic carbocycles. The molecule has 0 fully saturated rings. The van der Waals surface area contributed by atoms with E-state index in [-0.39, 0.29) is 14.1 Å². The maximum atomic E-state index is 4.34. The average Bonchev–Trinajstić information content (AvgIpc) is 1.88. The lowest BCUT2D eigenvalue weighted by Crippen LogP contribution is -1.87. The number of rotatable bonds is 1. The zero-order valence-corrected chi connectivity index (χ0v) is 8.45. The van der Waals surface area contributed by atoms with Crippen molar-refractivity contribution < 1.29 is 14.1 Å². The number of thiol groups is 1. The lowest BCUT2D eigenvalue weighted by molar-refractivity contribution is 0.843. The van der Waals surface area contributed by atoms with Crippen molar-refractivity contribution >= 4 is 12.6 Å². The average molecular weight is 212 g/mol. The fourth-order valence-electron chi connectivity index (χ4n) is 0.976. The summed E-state index contributed by atoms with van der Waals surface area (Å²) in [6.45, 7) is 4.35. The first kappa shape index (κ1) is 18.2. The van der Waals surface area contributed by atoms with Crippen LogP contribution in [0.2, 0.25) is 0 Å². The van der Waals surface area contributed by atoms with Crippen LogP contribution in [0.1, 0.15) is 25.3 Å². The molecule has 4 heteroatoms. The molecule has 0 nitrogen and oxygen atoms in total. The van der Waals surface area contributed by atoms with E-state index in [1.807, 2.05) is 12.1 Å². The van der Waals surface area contributed by atoms with E-state index in [1.165, 1.54) is 5.56 Å². The molecule has 0 amide bonds. The van der Waals surface area contributed by atoms with Crippen molar-refractivity contribution in [3.8, 4) is 0 Å². The predicted molar refractivity (Wildman–Crippen MR) is 55.3 cm³/mol. The van der Waals surface area contributed by atoms with Gasteiger partial charge in [-0.05, 0) is 17.5 Å². The lowest BCUT2D eigenvalue weighted by atomic mass is 10.0. The Morgan fingerprint density at radius 2 is 1.46 bits per heavy atom. The van der Waals surface area contributed by atoms with E-state index < -0.39 is 0 Å². The van der Waals surface area contributed by atoms with E-state index in [0.717, 1.165) is 4.90 Å². The second-order valence-corrected chi connectivity index (χ2v) is 3.20. The van der Waals surface area contributed by atoms with Gasteiger partial charge in [0.1, 0.15) is 0 Å². The van der Waals surface area contributed by atoms with Crippen molar-refractivity contribution in [2.24, 2.45) is 0 Å². The van der Waals surface area contributed by atoms with E-state index >= 15 is 0 Å². The monoisotopic (exact) mass is 212 g/mol. The third-order valence-electron chi connectivity index (χ3n) is 1.56. The van der Waals surface area contributed by atoms with Crippen molar-refractivity contribution in [3.63, 3.8) is 0 Å². The molecule has 0 unspecified atom stereocenters. The van der Waals surface area contributed by atoms with Crippen LogP contribution in [0, 0.1) is 0 Å². The van der Waals surface area contributed by atoms with E-state index in [1.54, 1.807) is 0 Å². The summed E-state index contributed by atoms with van der Waals surface area (Å²) in [5.74, 6) is 0.577. The third-order valence-corrected chi connectivity index (χ3v) is 1.97. The smallest absolute Gasteiger partial charge is 0.00746 e. The minimum Gasteiger partial charge on any atom is -0.269 e. The van der Waals surface area contributed by atoms with Crippen molar-refractivity contribution in [3.05, 3.63) is 29.8 Å². The van der Waals surface area contributed by atoms with Gasteiger partial charge in [-0.15, -0.1) is 12.6 Å². The molecule has 0 saturated heterocycles. The molecule has 1 aromatic rings.